The summed E-state index contributed by atoms with van der Waals surface area (Å²) in [5, 5.41) is 0. The van der Waals surface area contributed by atoms with Crippen LogP contribution in [0.2, 0.25) is 9.26 Å². The summed E-state index contributed by atoms with van der Waals surface area (Å²) in [7, 11) is 0. The molecule has 2 heteroatoms. The maximum atomic E-state index is 2.62. The van der Waals surface area contributed by atoms with E-state index in [4.69, 9.17) is 0 Å². The first kappa shape index (κ1) is 14.5. The topological polar surface area (TPSA) is 0 Å². The molecule has 2 aliphatic carbocycles. The van der Waals surface area contributed by atoms with Gasteiger partial charge in [0.25, 0.3) is 0 Å². The van der Waals surface area contributed by atoms with Gasteiger partial charge in [0.15, 0.2) is 0 Å². The first-order valence-electron chi connectivity index (χ1n) is 7.17. The zero-order valence-electron chi connectivity index (χ0n) is 12.3. The van der Waals surface area contributed by atoms with E-state index in [9.17, 15) is 0 Å². The van der Waals surface area contributed by atoms with E-state index in [0.717, 1.165) is 0 Å². The van der Waals surface area contributed by atoms with Gasteiger partial charge in [0.2, 0.25) is 0 Å². The molecule has 0 atom stereocenters. The van der Waals surface area contributed by atoms with Crippen LogP contribution in [0.15, 0.2) is 42.0 Å². The van der Waals surface area contributed by atoms with Crippen molar-refractivity contribution in [2.24, 2.45) is 0 Å². The molecule has 0 radical (unpaired) electrons. The van der Waals surface area contributed by atoms with E-state index in [1.807, 2.05) is 3.28 Å². The minimum absolute atomic E-state index is 1.21. The summed E-state index contributed by atoms with van der Waals surface area (Å²) in [5.74, 6) is 0. The van der Waals surface area contributed by atoms with Crippen LogP contribution in [0.4, 0.5) is 0 Å². The zero-order valence-corrected chi connectivity index (χ0v) is 16.2. The summed E-state index contributed by atoms with van der Waals surface area (Å²) in [6, 6.07) is 0. The average Bonchev–Trinajstić information content (AvgIpc) is 2.89. The molecular weight excluding hydrogens is 311 g/mol. The number of allylic oxidation sites excluding steroid dienone is 8. The van der Waals surface area contributed by atoms with Crippen LogP contribution in [0.3, 0.4) is 0 Å². The van der Waals surface area contributed by atoms with E-state index < -0.39 is 17.4 Å². The molecule has 0 fully saturated rings. The van der Waals surface area contributed by atoms with Crippen molar-refractivity contribution >= 4 is 6.88 Å². The molecule has 18 heavy (non-hydrogen) atoms. The predicted molar refractivity (Wildman–Crippen MR) is 82.4 cm³/mol. The van der Waals surface area contributed by atoms with Gasteiger partial charge < -0.3 is 0 Å². The quantitative estimate of drug-likeness (QED) is 0.659. The summed E-state index contributed by atoms with van der Waals surface area (Å²) >= 11 is -2.76. The van der Waals surface area contributed by atoms with E-state index in [-0.39, 0.29) is 0 Å². The first-order chi connectivity index (χ1) is 8.33. The number of hydrogen-bond donors (Lipinski definition) is 0. The second-order valence-corrected chi connectivity index (χ2v) is 35.8. The minimum atomic E-state index is -2.76. The number of rotatable bonds is 4. The Kier molecular flexibility index (Phi) is 3.91. The molecule has 0 bridgehead atoms. The van der Waals surface area contributed by atoms with E-state index in [2.05, 4.69) is 54.3 Å². The molecule has 0 saturated heterocycles. The monoisotopic (exact) mass is 336 g/mol. The van der Waals surface area contributed by atoms with Gasteiger partial charge in [0.05, 0.1) is 0 Å². The van der Waals surface area contributed by atoms with Gasteiger partial charge in [-0.2, -0.15) is 0 Å². The van der Waals surface area contributed by atoms with Gasteiger partial charge in [0.1, 0.15) is 0 Å². The van der Waals surface area contributed by atoms with Gasteiger partial charge in [-0.15, -0.1) is 0 Å². The fourth-order valence-corrected chi connectivity index (χ4v) is 14.1. The Hall–Kier alpha value is 0.0600. The summed E-state index contributed by atoms with van der Waals surface area (Å²) in [5.41, 5.74) is 3.27. The maximum absolute atomic E-state index is 2.76. The van der Waals surface area contributed by atoms with Crippen molar-refractivity contribution in [1.82, 2.24) is 0 Å². The summed E-state index contributed by atoms with van der Waals surface area (Å²) in [4.78, 5) is 0. The van der Waals surface area contributed by atoms with Crippen molar-refractivity contribution in [3.05, 3.63) is 42.0 Å². The van der Waals surface area contributed by atoms with Crippen LogP contribution in [0, 0.1) is 0 Å². The van der Waals surface area contributed by atoms with Crippen molar-refractivity contribution < 1.29 is 17.4 Å². The van der Waals surface area contributed by atoms with Crippen LogP contribution in [-0.4, -0.2) is 6.88 Å². The Morgan fingerprint density at radius 1 is 1.28 bits per heavy atom. The third-order valence-electron chi connectivity index (χ3n) is 4.73. The van der Waals surface area contributed by atoms with E-state index >= 15 is 0 Å². The van der Waals surface area contributed by atoms with Crippen molar-refractivity contribution in [2.45, 2.75) is 48.8 Å². The molecule has 0 N–H and O–H groups in total. The Morgan fingerprint density at radius 3 is 2.56 bits per heavy atom. The molecule has 0 nitrogen and oxygen atoms in total. The fourth-order valence-electron chi connectivity index (χ4n) is 3.13. The molecule has 2 rings (SSSR count). The van der Waals surface area contributed by atoms with E-state index in [1.165, 1.54) is 25.7 Å². The third-order valence-corrected chi connectivity index (χ3v) is 21.9. The van der Waals surface area contributed by atoms with Crippen molar-refractivity contribution in [3.63, 3.8) is 0 Å². The number of hydrogen-bond acceptors (Lipinski definition) is 0. The van der Waals surface area contributed by atoms with E-state index in [0.29, 0.717) is 0 Å². The normalized spacial score (nSPS) is 20.5. The van der Waals surface area contributed by atoms with E-state index in [1.54, 1.807) is 14.4 Å². The fraction of sp³-hybridized carbons (Fsp3) is 0.500. The molecule has 0 aliphatic heterocycles. The Bertz CT molecular complexity index is 550. The Balaban J connectivity index is 2.30. The first-order valence-corrected chi connectivity index (χ1v) is 20.5. The standard InChI is InChI=1S/C9H13.C5H5.2CH3.H2Si.Zr/c1-3-5-9-7-4-6-8(9)2;1-2-4-5-3-1;;;;/h6H,3,5,7H2,1-2H3;1-3H,4H2;2*1H3;1H2;. The van der Waals surface area contributed by atoms with Crippen LogP contribution >= 0.6 is 0 Å². The second-order valence-electron chi connectivity index (χ2n) is 6.89. The van der Waals surface area contributed by atoms with Crippen LogP contribution < -0.4 is 0 Å². The molecule has 0 unspecified atom stereocenters. The molecule has 0 aromatic rings. The van der Waals surface area contributed by atoms with Gasteiger partial charge in [0, 0.05) is 0 Å². The van der Waals surface area contributed by atoms with Crippen molar-refractivity contribution in [3.8, 4) is 0 Å². The molecular formula is C16H26SiZr. The third kappa shape index (κ3) is 2.51. The summed E-state index contributed by atoms with van der Waals surface area (Å²) in [6.07, 6.45) is 14.6. The molecule has 0 saturated carbocycles. The van der Waals surface area contributed by atoms with Crippen molar-refractivity contribution in [1.29, 1.82) is 0 Å². The van der Waals surface area contributed by atoms with Crippen LogP contribution in [-0.2, 0) is 17.4 Å². The van der Waals surface area contributed by atoms with Gasteiger partial charge in [-0.3, -0.25) is 0 Å². The van der Waals surface area contributed by atoms with Crippen LogP contribution in [0.25, 0.3) is 0 Å². The van der Waals surface area contributed by atoms with Crippen LogP contribution in [0.5, 0.6) is 0 Å². The predicted octanol–water partition coefficient (Wildman–Crippen LogP) is 4.57. The molecule has 0 spiro atoms. The molecule has 0 heterocycles. The molecule has 0 aromatic heterocycles. The SMILES string of the molecule is CCCC1=C(C)C=[C]([Zr]([CH3])([CH3])(=[SiH2])[C]2=CC=CC2)C1. The Morgan fingerprint density at radius 2 is 2.00 bits per heavy atom. The molecule has 2 aliphatic rings. The second kappa shape index (κ2) is 4.87. The van der Waals surface area contributed by atoms with Crippen LogP contribution in [0.1, 0.15) is 39.5 Å². The van der Waals surface area contributed by atoms with Gasteiger partial charge in [-0.25, -0.2) is 0 Å². The average molecular weight is 338 g/mol. The molecule has 0 amide bonds. The van der Waals surface area contributed by atoms with Gasteiger partial charge in [-0.1, -0.05) is 0 Å². The van der Waals surface area contributed by atoms with Gasteiger partial charge >= 0.3 is 115 Å². The zero-order chi connectivity index (χ0) is 13.4. The molecule has 98 valence electrons. The van der Waals surface area contributed by atoms with Crippen molar-refractivity contribution in [2.75, 3.05) is 0 Å². The molecule has 0 aromatic carbocycles. The van der Waals surface area contributed by atoms with Gasteiger partial charge in [-0.05, 0) is 0 Å². The Labute approximate surface area is 114 Å². The summed E-state index contributed by atoms with van der Waals surface area (Å²) < 4.78 is 8.82. The summed E-state index contributed by atoms with van der Waals surface area (Å²) in [6.45, 7) is 6.97.